The smallest absolute Gasteiger partial charge is 0.407 e. The van der Waals surface area contributed by atoms with Gasteiger partial charge in [-0.3, -0.25) is 4.79 Å². The van der Waals surface area contributed by atoms with Crippen LogP contribution in [0.25, 0.3) is 11.1 Å². The van der Waals surface area contributed by atoms with Crippen molar-refractivity contribution >= 4 is 18.0 Å². The topological polar surface area (TPSA) is 114 Å². The summed E-state index contributed by atoms with van der Waals surface area (Å²) >= 11 is 0. The summed E-state index contributed by atoms with van der Waals surface area (Å²) in [5, 5.41) is 13.8. The molecule has 0 heterocycles. The van der Waals surface area contributed by atoms with Gasteiger partial charge in [-0.25, -0.2) is 9.59 Å². The minimum atomic E-state index is -1.32. The predicted octanol–water partition coefficient (Wildman–Crippen LogP) is 1.74. The van der Waals surface area contributed by atoms with Gasteiger partial charge in [0.1, 0.15) is 13.2 Å². The monoisotopic (exact) mass is 398 g/mol. The number of alkyl carbamates (subject to hydrolysis) is 1. The van der Waals surface area contributed by atoms with Crippen molar-refractivity contribution in [2.75, 3.05) is 26.9 Å². The lowest BCUT2D eigenvalue weighted by Gasteiger charge is -2.17. The highest BCUT2D eigenvalue weighted by Gasteiger charge is 2.29. The van der Waals surface area contributed by atoms with Gasteiger partial charge < -0.3 is 25.2 Å². The normalized spacial score (nSPS) is 13.1. The van der Waals surface area contributed by atoms with Crippen LogP contribution in [0.3, 0.4) is 0 Å². The largest absolute Gasteiger partial charge is 0.480 e. The molecule has 0 saturated heterocycles. The molecule has 29 heavy (non-hydrogen) atoms. The molecule has 0 bridgehead atoms. The minimum absolute atomic E-state index is 0.0747. The van der Waals surface area contributed by atoms with Crippen molar-refractivity contribution in [1.29, 1.82) is 0 Å². The van der Waals surface area contributed by atoms with Gasteiger partial charge in [0.15, 0.2) is 6.04 Å². The molecule has 2 aromatic rings. The highest BCUT2D eigenvalue weighted by Crippen LogP contribution is 2.44. The molecule has 0 fully saturated rings. The van der Waals surface area contributed by atoms with E-state index in [0.717, 1.165) is 22.3 Å². The van der Waals surface area contributed by atoms with E-state index < -0.39 is 24.0 Å². The number of fused-ring (bicyclic) bond motifs is 3. The third-order valence-electron chi connectivity index (χ3n) is 4.73. The number of benzene rings is 2. The molecule has 0 aromatic heterocycles. The van der Waals surface area contributed by atoms with Crippen LogP contribution in [0.4, 0.5) is 4.79 Å². The predicted molar refractivity (Wildman–Crippen MR) is 105 cm³/mol. The highest BCUT2D eigenvalue weighted by atomic mass is 16.5. The van der Waals surface area contributed by atoms with Crippen LogP contribution in [0.5, 0.6) is 0 Å². The van der Waals surface area contributed by atoms with Gasteiger partial charge in [0.2, 0.25) is 5.91 Å². The van der Waals surface area contributed by atoms with Crippen LogP contribution in [0, 0.1) is 0 Å². The fourth-order valence-corrected chi connectivity index (χ4v) is 3.30. The lowest BCUT2D eigenvalue weighted by Crippen LogP contribution is -2.45. The third-order valence-corrected chi connectivity index (χ3v) is 4.73. The molecule has 152 valence electrons. The molecule has 2 aromatic carbocycles. The maximum Gasteiger partial charge on any atom is 0.407 e. The Bertz CT molecular complexity index is 868. The summed E-state index contributed by atoms with van der Waals surface area (Å²) in [6, 6.07) is 14.5. The number of hydrogen-bond donors (Lipinski definition) is 3. The van der Waals surface area contributed by atoms with Gasteiger partial charge in [-0.15, -0.1) is 0 Å². The van der Waals surface area contributed by atoms with Gasteiger partial charge in [-0.2, -0.15) is 0 Å². The molecule has 8 heteroatoms. The molecule has 1 atom stereocenters. The molecule has 0 saturated carbocycles. The van der Waals surface area contributed by atoms with E-state index >= 15 is 0 Å². The third kappa shape index (κ3) is 4.72. The number of amides is 2. The van der Waals surface area contributed by atoms with E-state index in [2.05, 4.69) is 10.6 Å². The summed E-state index contributed by atoms with van der Waals surface area (Å²) in [4.78, 5) is 34.6. The van der Waals surface area contributed by atoms with Gasteiger partial charge in [0.25, 0.3) is 0 Å². The molecule has 8 nitrogen and oxygen atoms in total. The average molecular weight is 398 g/mol. The van der Waals surface area contributed by atoms with Crippen LogP contribution in [0.2, 0.25) is 0 Å². The average Bonchev–Trinajstić information content (AvgIpc) is 3.05. The number of aliphatic carboxylic acids is 1. The SMILES string of the molecule is CNC(=O)COC[C@H](NC(=O)OCC1c2ccccc2-c2ccccc21)C(=O)O. The summed E-state index contributed by atoms with van der Waals surface area (Å²) in [6.07, 6.45) is -0.859. The van der Waals surface area contributed by atoms with Crippen molar-refractivity contribution in [2.45, 2.75) is 12.0 Å². The Labute approximate surface area is 167 Å². The van der Waals surface area contributed by atoms with Crippen LogP contribution < -0.4 is 10.6 Å². The zero-order valence-electron chi connectivity index (χ0n) is 15.9. The van der Waals surface area contributed by atoms with E-state index in [1.165, 1.54) is 7.05 Å². The number of carboxylic acid groups (broad SMARTS) is 1. The molecule has 0 aliphatic heterocycles. The standard InChI is InChI=1S/C21H22N2O6/c1-22-19(24)12-28-11-18(20(25)26)23-21(27)29-10-17-15-8-4-2-6-13(15)14-7-3-5-9-16(14)17/h2-9,17-18H,10-12H2,1H3,(H,22,24)(H,23,27)(H,25,26)/t18-/m0/s1. The van der Waals surface area contributed by atoms with Crippen LogP contribution in [-0.4, -0.2) is 56.0 Å². The van der Waals surface area contributed by atoms with E-state index in [1.807, 2.05) is 48.5 Å². The fraction of sp³-hybridized carbons (Fsp3) is 0.286. The molecule has 3 rings (SSSR count). The molecule has 0 radical (unpaired) electrons. The number of nitrogens with one attached hydrogen (secondary N) is 2. The Morgan fingerprint density at radius 2 is 1.62 bits per heavy atom. The van der Waals surface area contributed by atoms with Gasteiger partial charge in [-0.05, 0) is 22.3 Å². The Morgan fingerprint density at radius 1 is 1.03 bits per heavy atom. The number of carbonyl (C=O) groups is 3. The lowest BCUT2D eigenvalue weighted by molar-refractivity contribution is -0.142. The molecular formula is C21H22N2O6. The maximum atomic E-state index is 12.2. The van der Waals surface area contributed by atoms with Crippen molar-refractivity contribution < 1.29 is 29.0 Å². The van der Waals surface area contributed by atoms with Crippen molar-refractivity contribution in [1.82, 2.24) is 10.6 Å². The second kappa shape index (κ2) is 9.20. The van der Waals surface area contributed by atoms with Crippen molar-refractivity contribution in [3.63, 3.8) is 0 Å². The number of carbonyl (C=O) groups excluding carboxylic acids is 2. The summed E-state index contributed by atoms with van der Waals surface area (Å²) in [7, 11) is 1.44. The zero-order valence-corrected chi connectivity index (χ0v) is 15.9. The first kappa shape index (κ1) is 20.3. The number of rotatable bonds is 8. The van der Waals surface area contributed by atoms with E-state index in [4.69, 9.17) is 9.47 Å². The fourth-order valence-electron chi connectivity index (χ4n) is 3.30. The molecular weight excluding hydrogens is 376 g/mol. The first-order valence-electron chi connectivity index (χ1n) is 9.14. The van der Waals surface area contributed by atoms with Gasteiger partial charge in [0.05, 0.1) is 6.61 Å². The van der Waals surface area contributed by atoms with Gasteiger partial charge in [-0.1, -0.05) is 48.5 Å². The summed E-state index contributed by atoms with van der Waals surface area (Å²) in [6.45, 7) is -0.578. The quantitative estimate of drug-likeness (QED) is 0.624. The van der Waals surface area contributed by atoms with Crippen molar-refractivity contribution in [2.24, 2.45) is 0 Å². The highest BCUT2D eigenvalue weighted by molar-refractivity contribution is 5.81. The van der Waals surface area contributed by atoms with Crippen LogP contribution in [0.15, 0.2) is 48.5 Å². The van der Waals surface area contributed by atoms with Gasteiger partial charge in [0, 0.05) is 13.0 Å². The van der Waals surface area contributed by atoms with E-state index in [-0.39, 0.29) is 25.7 Å². The zero-order chi connectivity index (χ0) is 20.8. The second-order valence-corrected chi connectivity index (χ2v) is 6.55. The van der Waals surface area contributed by atoms with E-state index in [1.54, 1.807) is 0 Å². The molecule has 0 spiro atoms. The molecule has 0 unspecified atom stereocenters. The number of likely N-dealkylation sites (N-methyl/N-ethyl adjacent to an activating group) is 1. The number of carboxylic acids is 1. The van der Waals surface area contributed by atoms with Crippen LogP contribution in [0.1, 0.15) is 17.0 Å². The lowest BCUT2D eigenvalue weighted by atomic mass is 9.98. The Kier molecular flexibility index (Phi) is 6.46. The first-order valence-corrected chi connectivity index (χ1v) is 9.14. The Morgan fingerprint density at radius 3 is 2.17 bits per heavy atom. The number of hydrogen-bond acceptors (Lipinski definition) is 5. The van der Waals surface area contributed by atoms with Crippen molar-refractivity contribution in [3.05, 3.63) is 59.7 Å². The Balaban J connectivity index is 1.60. The van der Waals surface area contributed by atoms with Crippen LogP contribution >= 0.6 is 0 Å². The summed E-state index contributed by atoms with van der Waals surface area (Å²) in [5.74, 6) is -1.80. The summed E-state index contributed by atoms with van der Waals surface area (Å²) in [5.41, 5.74) is 4.32. The molecule has 1 aliphatic carbocycles. The van der Waals surface area contributed by atoms with E-state index in [9.17, 15) is 19.5 Å². The molecule has 2 amide bonds. The molecule has 3 N–H and O–H groups in total. The minimum Gasteiger partial charge on any atom is -0.480 e. The van der Waals surface area contributed by atoms with E-state index in [0.29, 0.717) is 0 Å². The Hall–Kier alpha value is -3.39. The second-order valence-electron chi connectivity index (χ2n) is 6.55. The molecule has 1 aliphatic rings. The summed E-state index contributed by atoms with van der Waals surface area (Å²) < 4.78 is 10.3. The first-order chi connectivity index (χ1) is 14.0. The number of ether oxygens (including phenoxy) is 2. The van der Waals surface area contributed by atoms with Crippen molar-refractivity contribution in [3.8, 4) is 11.1 Å². The van der Waals surface area contributed by atoms with Gasteiger partial charge >= 0.3 is 12.1 Å². The van der Waals surface area contributed by atoms with Crippen LogP contribution in [-0.2, 0) is 19.1 Å². The maximum absolute atomic E-state index is 12.2.